The molecule has 0 spiro atoms. The van der Waals surface area contributed by atoms with Gasteiger partial charge in [-0.05, 0) is 24.3 Å². The number of nitro groups is 1. The fourth-order valence-electron chi connectivity index (χ4n) is 2.28. The van der Waals surface area contributed by atoms with Gasteiger partial charge in [0.2, 0.25) is 11.0 Å². The summed E-state index contributed by atoms with van der Waals surface area (Å²) in [6.07, 6.45) is 1.75. The van der Waals surface area contributed by atoms with Crippen molar-refractivity contribution in [2.75, 3.05) is 0 Å². The van der Waals surface area contributed by atoms with Crippen LogP contribution in [0, 0.1) is 21.6 Å². The number of benzene rings is 2. The molecule has 0 aliphatic rings. The van der Waals surface area contributed by atoms with Crippen molar-refractivity contribution < 1.29 is 10.0 Å². The molecule has 1 heterocycles. The molecule has 0 radical (unpaired) electrons. The van der Waals surface area contributed by atoms with E-state index in [1.165, 1.54) is 23.5 Å². The van der Waals surface area contributed by atoms with Crippen molar-refractivity contribution in [3.63, 3.8) is 0 Å². The Bertz CT molecular complexity index is 1010. The number of nitrogens with zero attached hydrogens (tertiary/aromatic N) is 4. The third-order valence-electron chi connectivity index (χ3n) is 3.35. The lowest BCUT2D eigenvalue weighted by Crippen LogP contribution is -2.13. The summed E-state index contributed by atoms with van der Waals surface area (Å²) in [6.45, 7) is 0. The van der Waals surface area contributed by atoms with Crippen molar-refractivity contribution in [1.82, 2.24) is 4.57 Å². The van der Waals surface area contributed by atoms with E-state index >= 15 is 0 Å². The predicted octanol–water partition coefficient (Wildman–Crippen LogP) is 3.20. The van der Waals surface area contributed by atoms with Crippen molar-refractivity contribution in [3.05, 3.63) is 68.8 Å². The zero-order valence-electron chi connectivity index (χ0n) is 12.2. The molecule has 0 amide bonds. The number of hydrogen-bond acceptors (Lipinski definition) is 6. The van der Waals surface area contributed by atoms with Crippen LogP contribution in [-0.2, 0) is 0 Å². The number of para-hydroxylation sites is 1. The number of phenols is 1. The number of rotatable bonds is 3. The SMILES string of the molecule is N#CN=c1scc(-c2ccccc2O)n1-c1ccc([N+](=O)[O-])cc1. The standard InChI is InChI=1S/C16H10N4O3S/c17-10-18-16-19(11-5-7-12(8-6-11)20(22)23)14(9-24-16)13-3-1-2-4-15(13)21/h1-9,21H. The van der Waals surface area contributed by atoms with E-state index in [0.717, 1.165) is 0 Å². The van der Waals surface area contributed by atoms with Crippen LogP contribution in [0.3, 0.4) is 0 Å². The van der Waals surface area contributed by atoms with Gasteiger partial charge in [0.05, 0.1) is 10.6 Å². The van der Waals surface area contributed by atoms with Crippen LogP contribution in [0.4, 0.5) is 5.69 Å². The van der Waals surface area contributed by atoms with Gasteiger partial charge in [-0.2, -0.15) is 5.26 Å². The molecule has 0 aliphatic carbocycles. The summed E-state index contributed by atoms with van der Waals surface area (Å²) in [7, 11) is 0. The number of aromatic nitrogens is 1. The zero-order valence-corrected chi connectivity index (χ0v) is 13.0. The van der Waals surface area contributed by atoms with Crippen molar-refractivity contribution in [3.8, 4) is 28.9 Å². The smallest absolute Gasteiger partial charge is 0.269 e. The van der Waals surface area contributed by atoms with Gasteiger partial charge in [-0.15, -0.1) is 16.3 Å². The molecule has 24 heavy (non-hydrogen) atoms. The molecule has 3 aromatic rings. The lowest BCUT2D eigenvalue weighted by Gasteiger charge is -2.10. The third kappa shape index (κ3) is 2.76. The summed E-state index contributed by atoms with van der Waals surface area (Å²) in [5, 5.41) is 31.6. The first-order valence-corrected chi connectivity index (χ1v) is 7.66. The van der Waals surface area contributed by atoms with Gasteiger partial charge in [-0.25, -0.2) is 0 Å². The molecule has 0 saturated carbocycles. The van der Waals surface area contributed by atoms with Crippen LogP contribution in [-0.4, -0.2) is 14.6 Å². The van der Waals surface area contributed by atoms with Crippen LogP contribution < -0.4 is 4.80 Å². The Kier molecular flexibility index (Phi) is 4.09. The second kappa shape index (κ2) is 6.36. The topological polar surface area (TPSA) is 104 Å². The molecule has 0 bridgehead atoms. The highest BCUT2D eigenvalue weighted by Crippen LogP contribution is 2.31. The van der Waals surface area contributed by atoms with E-state index in [9.17, 15) is 15.2 Å². The average molecular weight is 338 g/mol. The molecule has 7 nitrogen and oxygen atoms in total. The average Bonchev–Trinajstić information content (AvgIpc) is 2.99. The van der Waals surface area contributed by atoms with E-state index in [1.807, 2.05) is 0 Å². The summed E-state index contributed by atoms with van der Waals surface area (Å²) < 4.78 is 1.67. The molecule has 0 fully saturated rings. The molecule has 0 atom stereocenters. The Morgan fingerprint density at radius 3 is 2.54 bits per heavy atom. The minimum absolute atomic E-state index is 0.0301. The largest absolute Gasteiger partial charge is 0.507 e. The maximum atomic E-state index is 10.8. The van der Waals surface area contributed by atoms with Crippen molar-refractivity contribution >= 4 is 17.0 Å². The molecule has 1 aromatic heterocycles. The summed E-state index contributed by atoms with van der Waals surface area (Å²) in [5.74, 6) is 0.0921. The molecule has 0 aliphatic heterocycles. The highest BCUT2D eigenvalue weighted by atomic mass is 32.1. The van der Waals surface area contributed by atoms with Gasteiger partial charge in [0.1, 0.15) is 5.75 Å². The number of aromatic hydroxyl groups is 1. The predicted molar refractivity (Wildman–Crippen MR) is 88.6 cm³/mol. The Morgan fingerprint density at radius 2 is 1.92 bits per heavy atom. The number of nitriles is 1. The first-order chi connectivity index (χ1) is 11.6. The Labute approximate surface area is 140 Å². The maximum absolute atomic E-state index is 10.8. The summed E-state index contributed by atoms with van der Waals surface area (Å²) in [4.78, 5) is 14.5. The molecule has 0 unspecified atom stereocenters. The fraction of sp³-hybridized carbons (Fsp3) is 0. The van der Waals surface area contributed by atoms with Gasteiger partial charge >= 0.3 is 0 Å². The van der Waals surface area contributed by atoms with E-state index in [4.69, 9.17) is 5.26 Å². The highest BCUT2D eigenvalue weighted by molar-refractivity contribution is 7.07. The van der Waals surface area contributed by atoms with Gasteiger partial charge < -0.3 is 5.11 Å². The molecule has 3 rings (SSSR count). The number of non-ortho nitro benzene ring substituents is 1. The molecule has 0 saturated heterocycles. The van der Waals surface area contributed by atoms with Crippen molar-refractivity contribution in [2.45, 2.75) is 0 Å². The quantitative estimate of drug-likeness (QED) is 0.450. The molecular weight excluding hydrogens is 328 g/mol. The number of phenolic OH excluding ortho intramolecular Hbond substituents is 1. The Hall–Kier alpha value is -3.44. The third-order valence-corrected chi connectivity index (χ3v) is 4.18. The van der Waals surface area contributed by atoms with Crippen LogP contribution in [0.2, 0.25) is 0 Å². The van der Waals surface area contributed by atoms with E-state index < -0.39 is 4.92 Å². The Morgan fingerprint density at radius 1 is 1.21 bits per heavy atom. The summed E-state index contributed by atoms with van der Waals surface area (Å²) in [5.41, 5.74) is 1.79. The molecule has 8 heteroatoms. The summed E-state index contributed by atoms with van der Waals surface area (Å²) >= 11 is 1.24. The maximum Gasteiger partial charge on any atom is 0.269 e. The van der Waals surface area contributed by atoms with Crippen LogP contribution in [0.15, 0.2) is 58.9 Å². The monoisotopic (exact) mass is 338 g/mol. The lowest BCUT2D eigenvalue weighted by atomic mass is 10.1. The molecule has 2 aromatic carbocycles. The van der Waals surface area contributed by atoms with Crippen LogP contribution in [0.1, 0.15) is 0 Å². The summed E-state index contributed by atoms with van der Waals surface area (Å²) in [6, 6.07) is 12.7. The number of hydrogen-bond donors (Lipinski definition) is 1. The Balaban J connectivity index is 2.24. The van der Waals surface area contributed by atoms with Gasteiger partial charge in [0.25, 0.3) is 5.69 Å². The minimum Gasteiger partial charge on any atom is -0.507 e. The van der Waals surface area contributed by atoms with Crippen molar-refractivity contribution in [1.29, 1.82) is 5.26 Å². The van der Waals surface area contributed by atoms with Gasteiger partial charge in [-0.1, -0.05) is 12.1 Å². The zero-order chi connectivity index (χ0) is 17.1. The van der Waals surface area contributed by atoms with Crippen LogP contribution >= 0.6 is 11.3 Å². The minimum atomic E-state index is -0.480. The first-order valence-electron chi connectivity index (χ1n) is 6.78. The second-order valence-corrected chi connectivity index (χ2v) is 5.58. The van der Waals surface area contributed by atoms with E-state index in [2.05, 4.69) is 4.99 Å². The van der Waals surface area contributed by atoms with Gasteiger partial charge in [0, 0.05) is 28.8 Å². The molecule has 1 N–H and O–H groups in total. The lowest BCUT2D eigenvalue weighted by molar-refractivity contribution is -0.384. The van der Waals surface area contributed by atoms with E-state index in [1.54, 1.807) is 52.5 Å². The number of thiazole rings is 1. The van der Waals surface area contributed by atoms with E-state index in [0.29, 0.717) is 21.7 Å². The van der Waals surface area contributed by atoms with Crippen LogP contribution in [0.5, 0.6) is 5.75 Å². The highest BCUT2D eigenvalue weighted by Gasteiger charge is 2.14. The second-order valence-electron chi connectivity index (χ2n) is 4.74. The first kappa shape index (κ1) is 15.5. The fourth-order valence-corrected chi connectivity index (χ4v) is 3.14. The normalized spacial score (nSPS) is 11.2. The molecular formula is C16H10N4O3S. The van der Waals surface area contributed by atoms with Gasteiger partial charge in [-0.3, -0.25) is 14.7 Å². The van der Waals surface area contributed by atoms with Crippen molar-refractivity contribution in [2.24, 2.45) is 4.99 Å². The molecule has 118 valence electrons. The number of nitro benzene ring substituents is 1. The van der Waals surface area contributed by atoms with E-state index in [-0.39, 0.29) is 11.4 Å². The van der Waals surface area contributed by atoms with Crippen LogP contribution in [0.25, 0.3) is 16.9 Å². The van der Waals surface area contributed by atoms with Gasteiger partial charge in [0.15, 0.2) is 0 Å².